The minimum Gasteiger partial charge on any atom is -0.497 e. The Morgan fingerprint density at radius 3 is 2.70 bits per heavy atom. The molecule has 0 aliphatic rings. The third-order valence-electron chi connectivity index (χ3n) is 3.42. The molecule has 0 aromatic heterocycles. The summed E-state index contributed by atoms with van der Waals surface area (Å²) < 4.78 is 6.43. The quantitative estimate of drug-likeness (QED) is 0.707. The Bertz CT molecular complexity index is 445. The molecule has 1 aromatic carbocycles. The second-order valence-electron chi connectivity index (χ2n) is 6.02. The van der Waals surface area contributed by atoms with Gasteiger partial charge in [0, 0.05) is 16.4 Å². The first-order valence-electron chi connectivity index (χ1n) is 7.07. The van der Waals surface area contributed by atoms with Crippen LogP contribution in [0.5, 0.6) is 5.75 Å². The number of benzene rings is 1. The van der Waals surface area contributed by atoms with Gasteiger partial charge >= 0.3 is 0 Å². The first-order chi connectivity index (χ1) is 9.40. The van der Waals surface area contributed by atoms with Gasteiger partial charge in [0.15, 0.2) is 0 Å². The molecule has 1 rings (SSSR count). The monoisotopic (exact) mass is 339 g/mol. The molecule has 0 saturated heterocycles. The Morgan fingerprint density at radius 1 is 1.45 bits per heavy atom. The van der Waals surface area contributed by atoms with Gasteiger partial charge in [0.25, 0.3) is 0 Å². The molecule has 0 fully saturated rings. The first-order valence-corrected chi connectivity index (χ1v) is 7.86. The first kappa shape index (κ1) is 17.3. The highest BCUT2D eigenvalue weighted by Crippen LogP contribution is 2.30. The summed E-state index contributed by atoms with van der Waals surface area (Å²) in [6, 6.07) is 6.10. The van der Waals surface area contributed by atoms with Crippen molar-refractivity contribution >= 4 is 15.9 Å². The number of halogens is 1. The lowest BCUT2D eigenvalue weighted by molar-refractivity contribution is 0.375. The van der Waals surface area contributed by atoms with Gasteiger partial charge in [0.1, 0.15) is 5.75 Å². The van der Waals surface area contributed by atoms with Crippen molar-refractivity contribution in [2.24, 2.45) is 11.3 Å². The Labute approximate surface area is 131 Å². The van der Waals surface area contributed by atoms with E-state index in [4.69, 9.17) is 4.74 Å². The zero-order valence-corrected chi connectivity index (χ0v) is 14.6. The molecule has 1 aromatic rings. The largest absolute Gasteiger partial charge is 0.497 e. The van der Waals surface area contributed by atoms with Crippen LogP contribution in [0.3, 0.4) is 0 Å². The lowest BCUT2D eigenvalue weighted by atomic mass is 9.83. The molecule has 0 heterocycles. The summed E-state index contributed by atoms with van der Waals surface area (Å²) in [7, 11) is 1.70. The molecule has 0 aliphatic heterocycles. The predicted molar refractivity (Wildman–Crippen MR) is 90.4 cm³/mol. The summed E-state index contributed by atoms with van der Waals surface area (Å²) in [6.07, 6.45) is 2.98. The van der Waals surface area contributed by atoms with E-state index in [1.54, 1.807) is 7.11 Å². The molecule has 0 bridgehead atoms. The van der Waals surface area contributed by atoms with E-state index >= 15 is 0 Å². The number of nitrogens with one attached hydrogen (secondary N) is 1. The highest BCUT2D eigenvalue weighted by atomic mass is 79.9. The number of rotatable bonds is 8. The number of hydrogen-bond donors (Lipinski definition) is 1. The normalized spacial score (nSPS) is 14.1. The molecule has 0 amide bonds. The summed E-state index contributed by atoms with van der Waals surface area (Å²) in [5.74, 6) is 1.55. The highest BCUT2D eigenvalue weighted by molar-refractivity contribution is 9.10. The summed E-state index contributed by atoms with van der Waals surface area (Å²) >= 11 is 3.62. The number of hydrogen-bond acceptors (Lipinski definition) is 2. The van der Waals surface area contributed by atoms with E-state index in [1.165, 1.54) is 5.56 Å². The average Bonchev–Trinajstić information content (AvgIpc) is 2.41. The molecule has 20 heavy (non-hydrogen) atoms. The van der Waals surface area contributed by atoms with Crippen molar-refractivity contribution in [1.82, 2.24) is 5.32 Å². The molecule has 0 spiro atoms. The van der Waals surface area contributed by atoms with Gasteiger partial charge in [0.2, 0.25) is 0 Å². The van der Waals surface area contributed by atoms with Crippen molar-refractivity contribution in [3.8, 4) is 5.75 Å². The summed E-state index contributed by atoms with van der Waals surface area (Å²) in [5, 5.41) is 3.53. The van der Waals surface area contributed by atoms with E-state index in [-0.39, 0.29) is 5.41 Å². The van der Waals surface area contributed by atoms with Crippen LogP contribution in [0.4, 0.5) is 0 Å². The van der Waals surface area contributed by atoms with E-state index < -0.39 is 0 Å². The van der Waals surface area contributed by atoms with Gasteiger partial charge in [-0.25, -0.2) is 0 Å². The van der Waals surface area contributed by atoms with Gasteiger partial charge in [-0.1, -0.05) is 42.8 Å². The summed E-state index contributed by atoms with van der Waals surface area (Å²) in [4.78, 5) is 0. The molecule has 0 aliphatic carbocycles. The molecule has 112 valence electrons. The van der Waals surface area contributed by atoms with Crippen LogP contribution in [0.25, 0.3) is 0 Å². The second-order valence-corrected chi connectivity index (χ2v) is 6.87. The van der Waals surface area contributed by atoms with Crippen molar-refractivity contribution in [2.45, 2.75) is 27.2 Å². The third kappa shape index (κ3) is 5.29. The van der Waals surface area contributed by atoms with Crippen molar-refractivity contribution < 1.29 is 4.74 Å². The fourth-order valence-corrected chi connectivity index (χ4v) is 2.49. The fraction of sp³-hybridized carbons (Fsp3) is 0.529. The maximum absolute atomic E-state index is 5.31. The third-order valence-corrected chi connectivity index (χ3v) is 4.20. The van der Waals surface area contributed by atoms with Gasteiger partial charge < -0.3 is 10.1 Å². The zero-order chi connectivity index (χ0) is 15.2. The molecule has 0 saturated carbocycles. The minimum atomic E-state index is 0.0315. The Morgan fingerprint density at radius 2 is 2.15 bits per heavy atom. The topological polar surface area (TPSA) is 21.3 Å². The Hall–Kier alpha value is -0.800. The molecule has 1 unspecified atom stereocenters. The maximum Gasteiger partial charge on any atom is 0.119 e. The average molecular weight is 340 g/mol. The molecule has 3 heteroatoms. The van der Waals surface area contributed by atoms with Crippen LogP contribution in [0.2, 0.25) is 0 Å². The molecule has 0 radical (unpaired) electrons. The van der Waals surface area contributed by atoms with E-state index in [0.717, 1.165) is 29.7 Å². The molecule has 1 atom stereocenters. The molecular weight excluding hydrogens is 314 g/mol. The van der Waals surface area contributed by atoms with Crippen LogP contribution < -0.4 is 10.1 Å². The van der Waals surface area contributed by atoms with Crippen LogP contribution in [0, 0.1) is 11.3 Å². The number of ether oxygens (including phenoxy) is 1. The van der Waals surface area contributed by atoms with Crippen LogP contribution in [-0.2, 0) is 6.42 Å². The van der Waals surface area contributed by atoms with Crippen LogP contribution >= 0.6 is 15.9 Å². The van der Waals surface area contributed by atoms with Crippen molar-refractivity contribution in [3.63, 3.8) is 0 Å². The van der Waals surface area contributed by atoms with E-state index in [1.807, 2.05) is 18.2 Å². The zero-order valence-electron chi connectivity index (χ0n) is 13.0. The van der Waals surface area contributed by atoms with Crippen molar-refractivity contribution in [2.75, 3.05) is 20.2 Å². The smallest absolute Gasteiger partial charge is 0.119 e. The molecule has 2 nitrogen and oxygen atoms in total. The van der Waals surface area contributed by atoms with E-state index in [2.05, 4.69) is 54.7 Å². The van der Waals surface area contributed by atoms with E-state index in [0.29, 0.717) is 5.92 Å². The van der Waals surface area contributed by atoms with Crippen LogP contribution in [0.1, 0.15) is 26.3 Å². The van der Waals surface area contributed by atoms with Gasteiger partial charge in [-0.15, -0.1) is 6.58 Å². The van der Waals surface area contributed by atoms with Crippen molar-refractivity contribution in [1.29, 1.82) is 0 Å². The van der Waals surface area contributed by atoms with Crippen molar-refractivity contribution in [3.05, 3.63) is 40.9 Å². The highest BCUT2D eigenvalue weighted by Gasteiger charge is 2.22. The Balaban J connectivity index is 2.78. The van der Waals surface area contributed by atoms with Gasteiger partial charge in [-0.3, -0.25) is 0 Å². The lowest BCUT2D eigenvalue weighted by Crippen LogP contribution is -2.34. The SMILES string of the molecule is C=CC(C)(CNCC(C)C)Cc1cc(OC)ccc1Br. The van der Waals surface area contributed by atoms with Gasteiger partial charge in [-0.05, 0) is 42.6 Å². The fourth-order valence-electron chi connectivity index (χ4n) is 2.10. The standard InChI is InChI=1S/C17H26BrNO/c1-6-17(4,12-19-11-13(2)3)10-14-9-15(20-5)7-8-16(14)18/h6-9,13,19H,1,10-12H2,2-5H3. The lowest BCUT2D eigenvalue weighted by Gasteiger charge is -2.27. The minimum absolute atomic E-state index is 0.0315. The van der Waals surface area contributed by atoms with Crippen LogP contribution in [0.15, 0.2) is 35.3 Å². The summed E-state index contributed by atoms with van der Waals surface area (Å²) in [5.41, 5.74) is 1.28. The molecule has 1 N–H and O–H groups in total. The summed E-state index contributed by atoms with van der Waals surface area (Å²) in [6.45, 7) is 12.6. The Kier molecular flexibility index (Phi) is 6.77. The molecular formula is C17H26BrNO. The van der Waals surface area contributed by atoms with Gasteiger partial charge in [-0.2, -0.15) is 0 Å². The van der Waals surface area contributed by atoms with Crippen LogP contribution in [-0.4, -0.2) is 20.2 Å². The predicted octanol–water partition coefficient (Wildman–Crippen LogP) is 4.44. The van der Waals surface area contributed by atoms with E-state index in [9.17, 15) is 0 Å². The number of methoxy groups -OCH3 is 1. The maximum atomic E-state index is 5.31. The second kappa shape index (κ2) is 7.84. The van der Waals surface area contributed by atoms with Gasteiger partial charge in [0.05, 0.1) is 7.11 Å².